The Balaban J connectivity index is 1.46. The third-order valence-corrected chi connectivity index (χ3v) is 9.35. The standard InChI is InChI=1S/C34H41Cl2N7O4/c1-7-38-32-39-18-21-14-23(26-27(35)24(46-5)15-25(47-6)28(26)36)31(45)43(29(21)40-32)20-34(8-9-34)19-41-10-12-42(13-11-41)30(44)22(17-37)16-33(2,3)4/h14-16,18H,7-13,19-20H2,1-6H3,(H,38,39,40)/b22-16-. The summed E-state index contributed by atoms with van der Waals surface area (Å²) < 4.78 is 12.7. The molecule has 1 N–H and O–H groups in total. The van der Waals surface area contributed by atoms with Gasteiger partial charge < -0.3 is 19.7 Å². The Labute approximate surface area is 285 Å². The number of piperazine rings is 1. The number of nitrogens with one attached hydrogen (secondary N) is 1. The fraction of sp³-hybridized carbons (Fsp3) is 0.500. The number of benzene rings is 1. The van der Waals surface area contributed by atoms with E-state index in [0.717, 1.165) is 19.4 Å². The minimum Gasteiger partial charge on any atom is -0.495 e. The topological polar surface area (TPSA) is 126 Å². The molecule has 3 aromatic rings. The Kier molecular flexibility index (Phi) is 10.1. The second-order valence-corrected chi connectivity index (χ2v) is 14.1. The monoisotopic (exact) mass is 681 g/mol. The number of halogens is 2. The van der Waals surface area contributed by atoms with Gasteiger partial charge in [0.25, 0.3) is 11.5 Å². The van der Waals surface area contributed by atoms with Crippen molar-refractivity contribution >= 4 is 46.1 Å². The van der Waals surface area contributed by atoms with Gasteiger partial charge in [-0.05, 0) is 31.2 Å². The largest absolute Gasteiger partial charge is 0.495 e. The van der Waals surface area contributed by atoms with Crippen LogP contribution in [0.2, 0.25) is 10.0 Å². The van der Waals surface area contributed by atoms with Gasteiger partial charge in [0.2, 0.25) is 5.95 Å². The number of methoxy groups -OCH3 is 2. The first-order valence-electron chi connectivity index (χ1n) is 15.7. The number of allylic oxidation sites excluding steroid dienone is 1. The van der Waals surface area contributed by atoms with Crippen molar-refractivity contribution in [2.45, 2.75) is 47.1 Å². The normalized spacial score (nSPS) is 16.6. The highest BCUT2D eigenvalue weighted by Gasteiger charge is 2.45. The van der Waals surface area contributed by atoms with Crippen LogP contribution in [0.5, 0.6) is 11.5 Å². The summed E-state index contributed by atoms with van der Waals surface area (Å²) in [6.07, 6.45) is 5.32. The van der Waals surface area contributed by atoms with E-state index in [1.807, 2.05) is 27.7 Å². The maximum Gasteiger partial charge on any atom is 0.264 e. The minimum atomic E-state index is -0.283. The summed E-state index contributed by atoms with van der Waals surface area (Å²) in [7, 11) is 2.98. The van der Waals surface area contributed by atoms with E-state index >= 15 is 0 Å². The molecular weight excluding hydrogens is 641 g/mol. The average Bonchev–Trinajstić information content (AvgIpc) is 3.80. The molecule has 0 radical (unpaired) electrons. The highest BCUT2D eigenvalue weighted by molar-refractivity contribution is 6.41. The molecule has 1 aromatic carbocycles. The zero-order chi connectivity index (χ0) is 34.1. The molecule has 13 heteroatoms. The van der Waals surface area contributed by atoms with Gasteiger partial charge in [-0.3, -0.25) is 19.1 Å². The van der Waals surface area contributed by atoms with Gasteiger partial charge in [-0.2, -0.15) is 10.2 Å². The number of pyridine rings is 1. The molecule has 2 aliphatic rings. The number of carbonyl (C=O) groups is 1. The molecule has 0 atom stereocenters. The second-order valence-electron chi connectivity index (χ2n) is 13.3. The van der Waals surface area contributed by atoms with Gasteiger partial charge in [0.15, 0.2) is 0 Å². The molecule has 0 spiro atoms. The van der Waals surface area contributed by atoms with Crippen LogP contribution in [-0.4, -0.2) is 83.7 Å². The fourth-order valence-corrected chi connectivity index (χ4v) is 6.76. The van der Waals surface area contributed by atoms with Crippen LogP contribution in [0.4, 0.5) is 5.95 Å². The summed E-state index contributed by atoms with van der Waals surface area (Å²) in [5, 5.41) is 13.8. The first kappa shape index (κ1) is 34.5. The van der Waals surface area contributed by atoms with E-state index in [9.17, 15) is 14.9 Å². The van der Waals surface area contributed by atoms with Crippen molar-refractivity contribution < 1.29 is 14.3 Å². The molecule has 1 saturated heterocycles. The summed E-state index contributed by atoms with van der Waals surface area (Å²) >= 11 is 13.6. The van der Waals surface area contributed by atoms with E-state index in [4.69, 9.17) is 37.7 Å². The van der Waals surface area contributed by atoms with Crippen LogP contribution in [0, 0.1) is 22.2 Å². The fourth-order valence-electron chi connectivity index (χ4n) is 6.06. The van der Waals surface area contributed by atoms with Gasteiger partial charge in [-0.15, -0.1) is 0 Å². The summed E-state index contributed by atoms with van der Waals surface area (Å²) in [5.74, 6) is 0.878. The number of nitriles is 1. The van der Waals surface area contributed by atoms with Crippen molar-refractivity contribution in [2.24, 2.45) is 10.8 Å². The van der Waals surface area contributed by atoms with Crippen LogP contribution in [0.3, 0.4) is 0 Å². The molecule has 1 aliphatic heterocycles. The van der Waals surface area contributed by atoms with E-state index in [2.05, 4.69) is 21.3 Å². The number of aromatic nitrogens is 3. The number of carbonyl (C=O) groups excluding carboxylic acids is 1. The van der Waals surface area contributed by atoms with E-state index in [1.54, 1.807) is 33.9 Å². The third kappa shape index (κ3) is 7.35. The highest BCUT2D eigenvalue weighted by Crippen LogP contribution is 2.49. The van der Waals surface area contributed by atoms with E-state index in [-0.39, 0.29) is 37.9 Å². The number of ether oxygens (including phenoxy) is 2. The van der Waals surface area contributed by atoms with Gasteiger partial charge in [0.05, 0.1) is 29.8 Å². The lowest BCUT2D eigenvalue weighted by Gasteiger charge is -2.37. The summed E-state index contributed by atoms with van der Waals surface area (Å²) in [6, 6.07) is 5.40. The Morgan fingerprint density at radius 3 is 2.26 bits per heavy atom. The molecule has 2 aromatic heterocycles. The molecule has 3 heterocycles. The van der Waals surface area contributed by atoms with Crippen molar-refractivity contribution in [1.29, 1.82) is 5.26 Å². The zero-order valence-corrected chi connectivity index (χ0v) is 29.3. The summed E-state index contributed by atoms with van der Waals surface area (Å²) in [4.78, 5) is 40.9. The first-order valence-corrected chi connectivity index (χ1v) is 16.5. The van der Waals surface area contributed by atoms with Crippen LogP contribution in [0.25, 0.3) is 22.2 Å². The van der Waals surface area contributed by atoms with Gasteiger partial charge in [0, 0.05) is 74.4 Å². The first-order chi connectivity index (χ1) is 22.3. The van der Waals surface area contributed by atoms with Crippen LogP contribution in [0.1, 0.15) is 40.5 Å². The quantitative estimate of drug-likeness (QED) is 0.214. The number of amides is 1. The van der Waals surface area contributed by atoms with Crippen LogP contribution >= 0.6 is 23.2 Å². The van der Waals surface area contributed by atoms with Gasteiger partial charge >= 0.3 is 0 Å². The number of anilines is 1. The molecule has 11 nitrogen and oxygen atoms in total. The molecule has 5 rings (SSSR count). The lowest BCUT2D eigenvalue weighted by atomic mass is 9.93. The maximum atomic E-state index is 14.5. The molecular formula is C34H41Cl2N7O4. The van der Waals surface area contributed by atoms with E-state index in [1.165, 1.54) is 14.2 Å². The van der Waals surface area contributed by atoms with Crippen LogP contribution in [0.15, 0.2) is 34.8 Å². The number of hydrogen-bond donors (Lipinski definition) is 1. The summed E-state index contributed by atoms with van der Waals surface area (Å²) in [6.45, 7) is 12.1. The maximum absolute atomic E-state index is 14.5. The van der Waals surface area contributed by atoms with Gasteiger partial charge in [0.1, 0.15) is 28.8 Å². The molecule has 47 heavy (non-hydrogen) atoms. The Morgan fingerprint density at radius 2 is 1.72 bits per heavy atom. The minimum absolute atomic E-state index is 0.158. The molecule has 1 saturated carbocycles. The average molecular weight is 683 g/mol. The predicted octanol–water partition coefficient (Wildman–Crippen LogP) is 5.63. The smallest absolute Gasteiger partial charge is 0.264 e. The molecule has 1 amide bonds. The third-order valence-electron chi connectivity index (χ3n) is 8.60. The van der Waals surface area contributed by atoms with Crippen molar-refractivity contribution in [3.8, 4) is 28.7 Å². The van der Waals surface area contributed by atoms with Gasteiger partial charge in [-0.25, -0.2) is 4.98 Å². The Bertz CT molecular complexity index is 1790. The Morgan fingerprint density at radius 1 is 1.09 bits per heavy atom. The SMILES string of the molecule is CCNc1ncc2cc(-c3c(Cl)c(OC)cc(OC)c3Cl)c(=O)n(CC3(CN4CCN(C(=O)/C(C#N)=C\C(C)(C)C)CC4)CC3)c2n1. The number of fused-ring (bicyclic) bond motifs is 1. The van der Waals surface area contributed by atoms with Crippen molar-refractivity contribution in [3.05, 3.63) is 50.4 Å². The zero-order valence-electron chi connectivity index (χ0n) is 27.7. The van der Waals surface area contributed by atoms with Crippen molar-refractivity contribution in [3.63, 3.8) is 0 Å². The molecule has 250 valence electrons. The highest BCUT2D eigenvalue weighted by atomic mass is 35.5. The molecule has 0 bridgehead atoms. The van der Waals surface area contributed by atoms with E-state index in [0.29, 0.717) is 78.9 Å². The molecule has 0 unspecified atom stereocenters. The van der Waals surface area contributed by atoms with Crippen LogP contribution < -0.4 is 20.3 Å². The number of hydrogen-bond acceptors (Lipinski definition) is 9. The predicted molar refractivity (Wildman–Crippen MR) is 184 cm³/mol. The van der Waals surface area contributed by atoms with Crippen molar-refractivity contribution in [2.75, 3.05) is 58.8 Å². The van der Waals surface area contributed by atoms with Crippen LogP contribution in [-0.2, 0) is 11.3 Å². The lowest BCUT2D eigenvalue weighted by molar-refractivity contribution is -0.128. The number of rotatable bonds is 10. The number of nitrogens with zero attached hydrogens (tertiary/aromatic N) is 6. The molecule has 2 fully saturated rings. The molecule has 1 aliphatic carbocycles. The summed E-state index contributed by atoms with van der Waals surface area (Å²) in [5.41, 5.74) is 0.608. The van der Waals surface area contributed by atoms with Crippen molar-refractivity contribution in [1.82, 2.24) is 24.3 Å². The Hall–Kier alpha value is -3.85. The van der Waals surface area contributed by atoms with Gasteiger partial charge in [-0.1, -0.05) is 50.0 Å². The lowest BCUT2D eigenvalue weighted by Crippen LogP contribution is -2.50. The second kappa shape index (κ2) is 13.7. The van der Waals surface area contributed by atoms with E-state index < -0.39 is 0 Å².